The quantitative estimate of drug-likeness (QED) is 0.730. The first kappa shape index (κ1) is 10.7. The highest BCUT2D eigenvalue weighted by molar-refractivity contribution is 5.79. The number of Topliss-reactive ketones (excluding diaryl/α,β-unsaturated/α-hetero) is 1. The summed E-state index contributed by atoms with van der Waals surface area (Å²) in [6, 6.07) is 0. The maximum Gasteiger partial charge on any atom is 0.133 e. The summed E-state index contributed by atoms with van der Waals surface area (Å²) in [6.07, 6.45) is 4.43. The Balaban J connectivity index is 2.34. The largest absolute Gasteiger partial charge is 0.390 e. The van der Waals surface area contributed by atoms with Gasteiger partial charge in [0.15, 0.2) is 0 Å². The second kappa shape index (κ2) is 4.23. The van der Waals surface area contributed by atoms with Crippen LogP contribution in [0.3, 0.4) is 0 Å². The van der Waals surface area contributed by atoms with Crippen LogP contribution in [0.25, 0.3) is 0 Å². The van der Waals surface area contributed by atoms with E-state index in [2.05, 4.69) is 13.8 Å². The van der Waals surface area contributed by atoms with Crippen molar-refractivity contribution in [2.24, 2.45) is 5.92 Å². The average molecular weight is 184 g/mol. The Morgan fingerprint density at radius 3 is 2.38 bits per heavy atom. The van der Waals surface area contributed by atoms with E-state index in [9.17, 15) is 9.90 Å². The van der Waals surface area contributed by atoms with Gasteiger partial charge in [-0.1, -0.05) is 13.8 Å². The molecule has 2 heteroatoms. The number of aliphatic hydroxyl groups is 1. The average Bonchev–Trinajstić information content (AvgIpc) is 2.08. The van der Waals surface area contributed by atoms with Crippen LogP contribution in [0.15, 0.2) is 0 Å². The lowest BCUT2D eigenvalue weighted by molar-refractivity contribution is -0.125. The molecule has 0 aromatic carbocycles. The van der Waals surface area contributed by atoms with E-state index in [4.69, 9.17) is 0 Å². The zero-order valence-electron chi connectivity index (χ0n) is 8.68. The Hall–Kier alpha value is -0.370. The molecule has 0 aromatic rings. The maximum absolute atomic E-state index is 11.0. The lowest BCUT2D eigenvalue weighted by Gasteiger charge is -2.32. The van der Waals surface area contributed by atoms with Gasteiger partial charge in [-0.15, -0.1) is 0 Å². The van der Waals surface area contributed by atoms with E-state index in [1.807, 2.05) is 0 Å². The predicted octanol–water partition coefficient (Wildman–Crippen LogP) is 2.30. The monoisotopic (exact) mass is 184 g/mol. The van der Waals surface area contributed by atoms with Crippen LogP contribution in [-0.4, -0.2) is 16.5 Å². The predicted molar refractivity (Wildman–Crippen MR) is 52.5 cm³/mol. The standard InChI is InChI=1S/C11H20O2/c1-9(2)3-6-11(13)7-4-10(12)5-8-11/h9,13H,3-8H2,1-2H3. The van der Waals surface area contributed by atoms with Gasteiger partial charge >= 0.3 is 0 Å². The molecular formula is C11H20O2. The second-order valence-corrected chi connectivity index (χ2v) is 4.70. The third-order valence-electron chi connectivity index (χ3n) is 2.93. The maximum atomic E-state index is 11.0. The minimum atomic E-state index is -0.530. The molecule has 13 heavy (non-hydrogen) atoms. The van der Waals surface area contributed by atoms with E-state index >= 15 is 0 Å². The molecule has 2 nitrogen and oxygen atoms in total. The van der Waals surface area contributed by atoms with E-state index in [0.717, 1.165) is 12.8 Å². The molecule has 76 valence electrons. The molecule has 1 rings (SSSR count). The van der Waals surface area contributed by atoms with Crippen molar-refractivity contribution in [3.05, 3.63) is 0 Å². The van der Waals surface area contributed by atoms with Crippen LogP contribution in [0.4, 0.5) is 0 Å². The molecule has 1 N–H and O–H groups in total. The molecule has 1 aliphatic rings. The van der Waals surface area contributed by atoms with Gasteiger partial charge in [-0.2, -0.15) is 0 Å². The highest BCUT2D eigenvalue weighted by atomic mass is 16.3. The van der Waals surface area contributed by atoms with Crippen LogP contribution in [0.2, 0.25) is 0 Å². The third kappa shape index (κ3) is 3.47. The molecule has 0 aliphatic heterocycles. The van der Waals surface area contributed by atoms with Crippen LogP contribution in [-0.2, 0) is 4.79 Å². The minimum absolute atomic E-state index is 0.314. The van der Waals surface area contributed by atoms with Crippen molar-refractivity contribution in [2.45, 2.75) is 58.0 Å². The molecule has 0 atom stereocenters. The summed E-state index contributed by atoms with van der Waals surface area (Å²) in [6.45, 7) is 4.33. The molecule has 1 aliphatic carbocycles. The Morgan fingerprint density at radius 1 is 1.38 bits per heavy atom. The summed E-state index contributed by atoms with van der Waals surface area (Å²) in [5, 5.41) is 10.1. The first-order valence-corrected chi connectivity index (χ1v) is 5.26. The van der Waals surface area contributed by atoms with Gasteiger partial charge in [0, 0.05) is 12.8 Å². The molecule has 0 amide bonds. The van der Waals surface area contributed by atoms with Gasteiger partial charge in [-0.25, -0.2) is 0 Å². The first-order chi connectivity index (χ1) is 6.02. The highest BCUT2D eigenvalue weighted by Gasteiger charge is 2.31. The van der Waals surface area contributed by atoms with Crippen LogP contribution in [0.1, 0.15) is 52.4 Å². The summed E-state index contributed by atoms with van der Waals surface area (Å²) in [7, 11) is 0. The smallest absolute Gasteiger partial charge is 0.133 e. The first-order valence-electron chi connectivity index (χ1n) is 5.26. The van der Waals surface area contributed by atoms with Gasteiger partial charge in [0.25, 0.3) is 0 Å². The van der Waals surface area contributed by atoms with Crippen molar-refractivity contribution in [1.29, 1.82) is 0 Å². The van der Waals surface area contributed by atoms with Crippen molar-refractivity contribution < 1.29 is 9.90 Å². The van der Waals surface area contributed by atoms with Crippen molar-refractivity contribution in [2.75, 3.05) is 0 Å². The fourth-order valence-electron chi connectivity index (χ4n) is 1.80. The molecule has 0 aromatic heterocycles. The Labute approximate surface area is 80.3 Å². The second-order valence-electron chi connectivity index (χ2n) is 4.70. The van der Waals surface area contributed by atoms with Gasteiger partial charge < -0.3 is 5.11 Å². The van der Waals surface area contributed by atoms with Crippen LogP contribution in [0.5, 0.6) is 0 Å². The Morgan fingerprint density at radius 2 is 1.92 bits per heavy atom. The molecule has 0 unspecified atom stereocenters. The normalized spacial score (nSPS) is 22.3. The van der Waals surface area contributed by atoms with Gasteiger partial charge in [-0.05, 0) is 31.6 Å². The van der Waals surface area contributed by atoms with Crippen LogP contribution >= 0.6 is 0 Å². The lowest BCUT2D eigenvalue weighted by Crippen LogP contribution is -2.34. The lowest BCUT2D eigenvalue weighted by atomic mass is 9.80. The van der Waals surface area contributed by atoms with Crippen LogP contribution in [0, 0.1) is 5.92 Å². The molecule has 0 spiro atoms. The molecule has 0 bridgehead atoms. The van der Waals surface area contributed by atoms with E-state index in [1.54, 1.807) is 0 Å². The molecule has 1 saturated carbocycles. The molecule has 0 saturated heterocycles. The van der Waals surface area contributed by atoms with Gasteiger partial charge in [-0.3, -0.25) is 4.79 Å². The van der Waals surface area contributed by atoms with E-state index in [-0.39, 0.29) is 0 Å². The number of hydrogen-bond acceptors (Lipinski definition) is 2. The topological polar surface area (TPSA) is 37.3 Å². The number of carbonyl (C=O) groups is 1. The van der Waals surface area contributed by atoms with Gasteiger partial charge in [0.1, 0.15) is 5.78 Å². The fraction of sp³-hybridized carbons (Fsp3) is 0.909. The molecule has 0 heterocycles. The number of ketones is 1. The van der Waals surface area contributed by atoms with Crippen molar-refractivity contribution >= 4 is 5.78 Å². The minimum Gasteiger partial charge on any atom is -0.390 e. The fourth-order valence-corrected chi connectivity index (χ4v) is 1.80. The van der Waals surface area contributed by atoms with Crippen molar-refractivity contribution in [3.8, 4) is 0 Å². The van der Waals surface area contributed by atoms with Gasteiger partial charge in [0.05, 0.1) is 5.60 Å². The summed E-state index contributed by atoms with van der Waals surface area (Å²) in [4.78, 5) is 11.0. The zero-order chi connectivity index (χ0) is 9.90. The number of rotatable bonds is 3. The summed E-state index contributed by atoms with van der Waals surface area (Å²) in [5.74, 6) is 0.955. The summed E-state index contributed by atoms with van der Waals surface area (Å²) in [5.41, 5.74) is -0.530. The number of carbonyl (C=O) groups excluding carboxylic acids is 1. The van der Waals surface area contributed by atoms with E-state index < -0.39 is 5.60 Å². The third-order valence-corrected chi connectivity index (χ3v) is 2.93. The molecule has 1 fully saturated rings. The Bertz CT molecular complexity index is 175. The van der Waals surface area contributed by atoms with Crippen molar-refractivity contribution in [3.63, 3.8) is 0 Å². The highest BCUT2D eigenvalue weighted by Crippen LogP contribution is 2.31. The van der Waals surface area contributed by atoms with Gasteiger partial charge in [0.2, 0.25) is 0 Å². The van der Waals surface area contributed by atoms with Crippen molar-refractivity contribution in [1.82, 2.24) is 0 Å². The zero-order valence-corrected chi connectivity index (χ0v) is 8.68. The Kier molecular flexibility index (Phi) is 3.48. The van der Waals surface area contributed by atoms with E-state index in [1.165, 1.54) is 0 Å². The van der Waals surface area contributed by atoms with Crippen LogP contribution < -0.4 is 0 Å². The summed E-state index contributed by atoms with van der Waals surface area (Å²) >= 11 is 0. The number of hydrogen-bond donors (Lipinski definition) is 1. The SMILES string of the molecule is CC(C)CCC1(O)CCC(=O)CC1. The van der Waals surface area contributed by atoms with E-state index in [0.29, 0.717) is 37.4 Å². The summed E-state index contributed by atoms with van der Waals surface area (Å²) < 4.78 is 0. The molecular weight excluding hydrogens is 164 g/mol. The molecule has 0 radical (unpaired) electrons.